The zero-order valence-corrected chi connectivity index (χ0v) is 11.4. The zero-order chi connectivity index (χ0) is 13.2. The summed E-state index contributed by atoms with van der Waals surface area (Å²) in [5.74, 6) is 1.62. The maximum Gasteiger partial charge on any atom is 0.123 e. The highest BCUT2D eigenvalue weighted by Gasteiger charge is 2.27. The molecule has 0 N–H and O–H groups in total. The van der Waals surface area contributed by atoms with Crippen LogP contribution in [0.15, 0.2) is 42.5 Å². The lowest BCUT2D eigenvalue weighted by Gasteiger charge is -2.15. The summed E-state index contributed by atoms with van der Waals surface area (Å²) in [6.45, 7) is 6.81. The predicted molar refractivity (Wildman–Crippen MR) is 79.5 cm³/mol. The van der Waals surface area contributed by atoms with Crippen molar-refractivity contribution in [3.8, 4) is 16.9 Å². The third-order valence-corrected chi connectivity index (χ3v) is 3.63. The van der Waals surface area contributed by atoms with Crippen molar-refractivity contribution >= 4 is 0 Å². The van der Waals surface area contributed by atoms with Crippen molar-refractivity contribution in [3.63, 3.8) is 0 Å². The van der Waals surface area contributed by atoms with Gasteiger partial charge in [0.15, 0.2) is 0 Å². The second-order valence-electron chi connectivity index (χ2n) is 5.12. The Labute approximate surface area is 115 Å². The largest absolute Gasteiger partial charge is 0.494 e. The molecule has 0 spiro atoms. The zero-order valence-electron chi connectivity index (χ0n) is 11.4. The van der Waals surface area contributed by atoms with E-state index in [-0.39, 0.29) is 0 Å². The average Bonchev–Trinajstić information content (AvgIpc) is 3.26. The lowest BCUT2D eigenvalue weighted by molar-refractivity contribution is 0.339. The van der Waals surface area contributed by atoms with Crippen LogP contribution in [0.4, 0.5) is 0 Å². The number of hydrogen-bond acceptors (Lipinski definition) is 1. The molecule has 2 aromatic rings. The molecule has 1 saturated carbocycles. The van der Waals surface area contributed by atoms with Gasteiger partial charge in [-0.2, -0.15) is 0 Å². The van der Waals surface area contributed by atoms with Crippen LogP contribution in [-0.2, 0) is 0 Å². The molecule has 1 radical (unpaired) electrons. The summed E-state index contributed by atoms with van der Waals surface area (Å²) < 4.78 is 5.69. The lowest BCUT2D eigenvalue weighted by atomic mass is 9.94. The van der Waals surface area contributed by atoms with Gasteiger partial charge in [0.25, 0.3) is 0 Å². The summed E-state index contributed by atoms with van der Waals surface area (Å²) in [4.78, 5) is 0. The molecule has 0 atom stereocenters. The average molecular weight is 251 g/mol. The first kappa shape index (κ1) is 12.3. The van der Waals surface area contributed by atoms with Crippen LogP contribution < -0.4 is 4.74 Å². The van der Waals surface area contributed by atoms with Crippen LogP contribution in [0.1, 0.15) is 36.8 Å². The van der Waals surface area contributed by atoms with E-state index in [0.717, 1.165) is 11.3 Å². The van der Waals surface area contributed by atoms with E-state index in [0.29, 0.717) is 12.5 Å². The fraction of sp³-hybridized carbons (Fsp3) is 0.278. The van der Waals surface area contributed by atoms with Gasteiger partial charge in [0, 0.05) is 0 Å². The van der Waals surface area contributed by atoms with E-state index < -0.39 is 0 Å². The molecular formula is C18H19O. The van der Waals surface area contributed by atoms with Crippen molar-refractivity contribution in [2.75, 3.05) is 6.61 Å². The van der Waals surface area contributed by atoms with Crippen molar-refractivity contribution in [1.29, 1.82) is 0 Å². The van der Waals surface area contributed by atoms with Crippen molar-refractivity contribution < 1.29 is 4.74 Å². The topological polar surface area (TPSA) is 9.23 Å². The maximum absolute atomic E-state index is 5.69. The Morgan fingerprint density at radius 3 is 2.53 bits per heavy atom. The highest BCUT2D eigenvalue weighted by molar-refractivity contribution is 5.71. The van der Waals surface area contributed by atoms with E-state index in [1.807, 2.05) is 6.92 Å². The van der Waals surface area contributed by atoms with Crippen LogP contribution in [0.3, 0.4) is 0 Å². The van der Waals surface area contributed by atoms with Gasteiger partial charge in [-0.1, -0.05) is 36.4 Å². The van der Waals surface area contributed by atoms with Gasteiger partial charge in [-0.25, -0.2) is 0 Å². The van der Waals surface area contributed by atoms with Crippen molar-refractivity contribution in [2.45, 2.75) is 25.7 Å². The van der Waals surface area contributed by atoms with Crippen molar-refractivity contribution in [3.05, 3.63) is 60.5 Å². The molecule has 1 aliphatic carbocycles. The summed E-state index contributed by atoms with van der Waals surface area (Å²) in [5.41, 5.74) is 5.01. The van der Waals surface area contributed by atoms with Gasteiger partial charge in [0.05, 0.1) is 6.61 Å². The molecule has 3 rings (SSSR count). The number of ether oxygens (including phenoxy) is 1. The second-order valence-corrected chi connectivity index (χ2v) is 5.12. The molecule has 0 saturated heterocycles. The summed E-state index contributed by atoms with van der Waals surface area (Å²) in [7, 11) is 0. The molecule has 1 fully saturated rings. The van der Waals surface area contributed by atoms with Crippen LogP contribution in [0, 0.1) is 6.92 Å². The Morgan fingerprint density at radius 2 is 1.89 bits per heavy atom. The third-order valence-electron chi connectivity index (χ3n) is 3.63. The Balaban J connectivity index is 2.11. The van der Waals surface area contributed by atoms with Crippen molar-refractivity contribution in [2.24, 2.45) is 0 Å². The molecular weight excluding hydrogens is 232 g/mol. The fourth-order valence-corrected chi connectivity index (χ4v) is 2.53. The van der Waals surface area contributed by atoms with Gasteiger partial charge < -0.3 is 4.74 Å². The van der Waals surface area contributed by atoms with Crippen LogP contribution in [0.2, 0.25) is 0 Å². The third kappa shape index (κ3) is 2.51. The highest BCUT2D eigenvalue weighted by Crippen LogP contribution is 2.46. The predicted octanol–water partition coefficient (Wildman–Crippen LogP) is 4.81. The van der Waals surface area contributed by atoms with E-state index in [4.69, 9.17) is 4.74 Å². The van der Waals surface area contributed by atoms with Gasteiger partial charge in [0.1, 0.15) is 5.75 Å². The molecule has 0 aliphatic heterocycles. The minimum absolute atomic E-state index is 0.680. The van der Waals surface area contributed by atoms with E-state index in [9.17, 15) is 0 Å². The van der Waals surface area contributed by atoms with Crippen LogP contribution in [-0.4, -0.2) is 6.61 Å². The Morgan fingerprint density at radius 1 is 1.16 bits per heavy atom. The maximum atomic E-state index is 5.69. The van der Waals surface area contributed by atoms with Crippen molar-refractivity contribution in [1.82, 2.24) is 0 Å². The van der Waals surface area contributed by atoms with Gasteiger partial charge >= 0.3 is 0 Å². The monoisotopic (exact) mass is 251 g/mol. The Kier molecular flexibility index (Phi) is 3.29. The van der Waals surface area contributed by atoms with Gasteiger partial charge in [-0.3, -0.25) is 0 Å². The Hall–Kier alpha value is -1.76. The van der Waals surface area contributed by atoms with E-state index in [1.54, 1.807) is 0 Å². The summed E-state index contributed by atoms with van der Waals surface area (Å²) >= 11 is 0. The summed E-state index contributed by atoms with van der Waals surface area (Å²) in [6.07, 6.45) is 2.60. The molecule has 0 heterocycles. The van der Waals surface area contributed by atoms with Crippen LogP contribution in [0.5, 0.6) is 5.75 Å². The molecule has 2 aromatic carbocycles. The molecule has 0 unspecified atom stereocenters. The van der Waals surface area contributed by atoms with Crippen LogP contribution in [0.25, 0.3) is 11.1 Å². The fourth-order valence-electron chi connectivity index (χ4n) is 2.53. The second kappa shape index (κ2) is 5.08. The molecule has 0 aromatic heterocycles. The van der Waals surface area contributed by atoms with E-state index in [1.165, 1.54) is 29.5 Å². The smallest absolute Gasteiger partial charge is 0.123 e. The number of rotatable bonds is 4. The summed E-state index contributed by atoms with van der Waals surface area (Å²) in [6, 6.07) is 14.9. The first-order valence-electron chi connectivity index (χ1n) is 6.97. The summed E-state index contributed by atoms with van der Waals surface area (Å²) in [5, 5.41) is 0. The highest BCUT2D eigenvalue weighted by atomic mass is 16.5. The standard InChI is InChI=1S/C18H19O/c1-3-19-18-12-17(14-7-5-4-6-8-14)16(11-13(18)2)15-9-10-15/h4-8,11-12,15H,2-3,9-10H2,1H3. The minimum atomic E-state index is 0.680. The number of hydrogen-bond donors (Lipinski definition) is 0. The van der Waals surface area contributed by atoms with E-state index >= 15 is 0 Å². The van der Waals surface area contributed by atoms with Gasteiger partial charge in [-0.05, 0) is 60.9 Å². The molecule has 19 heavy (non-hydrogen) atoms. The first-order valence-corrected chi connectivity index (χ1v) is 6.97. The van der Waals surface area contributed by atoms with E-state index in [2.05, 4.69) is 49.4 Å². The SMILES string of the molecule is [CH2]c1cc(C2CC2)c(-c2ccccc2)cc1OCC. The molecule has 1 heteroatoms. The van der Waals surface area contributed by atoms with Gasteiger partial charge in [0.2, 0.25) is 0 Å². The Bertz CT molecular complexity index is 568. The molecule has 97 valence electrons. The molecule has 1 nitrogen and oxygen atoms in total. The quantitative estimate of drug-likeness (QED) is 0.757. The van der Waals surface area contributed by atoms with Crippen LogP contribution >= 0.6 is 0 Å². The normalized spacial score (nSPS) is 14.4. The molecule has 0 amide bonds. The lowest BCUT2D eigenvalue weighted by Crippen LogP contribution is -1.97. The first-order chi connectivity index (χ1) is 9.29. The minimum Gasteiger partial charge on any atom is -0.494 e. The number of benzene rings is 2. The molecule has 1 aliphatic rings. The molecule has 0 bridgehead atoms. The van der Waals surface area contributed by atoms with Gasteiger partial charge in [-0.15, -0.1) is 0 Å².